The first-order valence-electron chi connectivity index (χ1n) is 7.39. The average molecular weight is 355 g/mol. The SMILES string of the molecule is O=C(Nc1ccc(S(=O)Nc2ccccc2F)cc1)c1ccccn1. The van der Waals surface area contributed by atoms with Crippen molar-refractivity contribution in [3.63, 3.8) is 0 Å². The summed E-state index contributed by atoms with van der Waals surface area (Å²) in [5.41, 5.74) is 1.01. The number of amides is 1. The molecule has 7 heteroatoms. The highest BCUT2D eigenvalue weighted by atomic mass is 32.2. The van der Waals surface area contributed by atoms with Crippen molar-refractivity contribution in [3.8, 4) is 0 Å². The number of nitrogens with zero attached hydrogens (tertiary/aromatic N) is 1. The molecule has 0 fully saturated rings. The maximum absolute atomic E-state index is 13.6. The molecule has 0 saturated carbocycles. The summed E-state index contributed by atoms with van der Waals surface area (Å²) < 4.78 is 28.5. The van der Waals surface area contributed by atoms with Crippen molar-refractivity contribution in [2.75, 3.05) is 10.0 Å². The number of anilines is 2. The molecule has 126 valence electrons. The Labute approximate surface area is 146 Å². The lowest BCUT2D eigenvalue weighted by Crippen LogP contribution is -2.13. The lowest BCUT2D eigenvalue weighted by Gasteiger charge is -2.08. The second kappa shape index (κ2) is 7.67. The van der Waals surface area contributed by atoms with Crippen LogP contribution in [0.25, 0.3) is 0 Å². The predicted molar refractivity (Wildman–Crippen MR) is 95.1 cm³/mol. The molecule has 3 rings (SSSR count). The first-order valence-corrected chi connectivity index (χ1v) is 8.54. The molecule has 0 spiro atoms. The molecule has 0 saturated heterocycles. The Bertz CT molecular complexity index is 902. The summed E-state index contributed by atoms with van der Waals surface area (Å²) in [4.78, 5) is 16.5. The molecule has 1 heterocycles. The largest absolute Gasteiger partial charge is 0.321 e. The molecule has 1 aromatic heterocycles. The van der Waals surface area contributed by atoms with Crippen molar-refractivity contribution in [2.45, 2.75) is 4.90 Å². The van der Waals surface area contributed by atoms with Crippen LogP contribution in [0.1, 0.15) is 10.5 Å². The van der Waals surface area contributed by atoms with Crippen LogP contribution in [0.15, 0.2) is 77.8 Å². The van der Waals surface area contributed by atoms with Gasteiger partial charge in [-0.1, -0.05) is 18.2 Å². The van der Waals surface area contributed by atoms with Gasteiger partial charge in [0.25, 0.3) is 5.91 Å². The zero-order valence-electron chi connectivity index (χ0n) is 13.0. The Hall–Kier alpha value is -3.06. The van der Waals surface area contributed by atoms with Crippen LogP contribution in [0.5, 0.6) is 0 Å². The van der Waals surface area contributed by atoms with Crippen molar-refractivity contribution >= 4 is 28.3 Å². The molecule has 1 unspecified atom stereocenters. The summed E-state index contributed by atoms with van der Waals surface area (Å²) in [6.45, 7) is 0. The Morgan fingerprint density at radius 1 is 0.960 bits per heavy atom. The number of hydrogen-bond donors (Lipinski definition) is 2. The van der Waals surface area contributed by atoms with Crippen molar-refractivity contribution in [1.82, 2.24) is 4.98 Å². The van der Waals surface area contributed by atoms with E-state index in [-0.39, 0.29) is 11.6 Å². The number of rotatable bonds is 5. The molecular weight excluding hydrogens is 341 g/mol. The number of carbonyl (C=O) groups excluding carboxylic acids is 1. The summed E-state index contributed by atoms with van der Waals surface area (Å²) in [5, 5.41) is 2.70. The fourth-order valence-corrected chi connectivity index (χ4v) is 2.92. The van der Waals surface area contributed by atoms with E-state index in [4.69, 9.17) is 0 Å². The lowest BCUT2D eigenvalue weighted by molar-refractivity contribution is 0.102. The average Bonchev–Trinajstić information content (AvgIpc) is 2.65. The fraction of sp³-hybridized carbons (Fsp3) is 0. The van der Waals surface area contributed by atoms with Gasteiger partial charge in [0, 0.05) is 11.9 Å². The van der Waals surface area contributed by atoms with E-state index < -0.39 is 16.8 Å². The molecule has 2 aromatic carbocycles. The summed E-state index contributed by atoms with van der Waals surface area (Å²) in [6, 6.07) is 17.5. The molecule has 25 heavy (non-hydrogen) atoms. The molecule has 0 aliphatic carbocycles. The molecule has 0 aliphatic rings. The van der Waals surface area contributed by atoms with E-state index in [2.05, 4.69) is 15.0 Å². The fourth-order valence-electron chi connectivity index (χ4n) is 2.06. The topological polar surface area (TPSA) is 71.1 Å². The smallest absolute Gasteiger partial charge is 0.274 e. The molecule has 0 radical (unpaired) electrons. The van der Waals surface area contributed by atoms with Crippen LogP contribution in [0.2, 0.25) is 0 Å². The van der Waals surface area contributed by atoms with E-state index in [0.29, 0.717) is 16.3 Å². The first kappa shape index (κ1) is 16.8. The number of hydrogen-bond acceptors (Lipinski definition) is 3. The second-order valence-corrected chi connectivity index (χ2v) is 6.26. The molecule has 5 nitrogen and oxygen atoms in total. The minimum Gasteiger partial charge on any atom is -0.321 e. The van der Waals surface area contributed by atoms with Gasteiger partial charge < -0.3 is 5.32 Å². The van der Waals surface area contributed by atoms with Gasteiger partial charge in [0.15, 0.2) is 0 Å². The number of benzene rings is 2. The maximum Gasteiger partial charge on any atom is 0.274 e. The lowest BCUT2D eigenvalue weighted by atomic mass is 10.3. The van der Waals surface area contributed by atoms with Gasteiger partial charge in [-0.3, -0.25) is 14.5 Å². The third-order valence-corrected chi connectivity index (χ3v) is 4.41. The summed E-state index contributed by atoms with van der Waals surface area (Å²) in [5.74, 6) is -0.811. The van der Waals surface area contributed by atoms with Crippen LogP contribution in [-0.2, 0) is 11.0 Å². The number of para-hydroxylation sites is 1. The van der Waals surface area contributed by atoms with Crippen molar-refractivity contribution in [3.05, 3.63) is 84.4 Å². The van der Waals surface area contributed by atoms with Crippen molar-refractivity contribution in [2.24, 2.45) is 0 Å². The van der Waals surface area contributed by atoms with Crippen LogP contribution >= 0.6 is 0 Å². The highest BCUT2D eigenvalue weighted by Gasteiger charge is 2.09. The number of halogens is 1. The monoisotopic (exact) mass is 355 g/mol. The van der Waals surface area contributed by atoms with Crippen molar-refractivity contribution < 1.29 is 13.4 Å². The Kier molecular flexibility index (Phi) is 5.15. The standard InChI is InChI=1S/C18H14FN3O2S/c19-15-5-1-2-6-16(15)22-25(24)14-10-8-13(9-11-14)21-18(23)17-7-3-4-12-20-17/h1-12,22H,(H,21,23). The third-order valence-electron chi connectivity index (χ3n) is 3.30. The summed E-state index contributed by atoms with van der Waals surface area (Å²) in [7, 11) is -1.62. The van der Waals surface area contributed by atoms with Gasteiger partial charge >= 0.3 is 0 Å². The predicted octanol–water partition coefficient (Wildman–Crippen LogP) is 3.61. The number of aromatic nitrogens is 1. The summed E-state index contributed by atoms with van der Waals surface area (Å²) in [6.07, 6.45) is 1.54. The molecule has 1 atom stereocenters. The van der Waals surface area contributed by atoms with Gasteiger partial charge in [-0.25, -0.2) is 8.60 Å². The van der Waals surface area contributed by atoms with Crippen molar-refractivity contribution in [1.29, 1.82) is 0 Å². The van der Waals surface area contributed by atoms with Gasteiger partial charge in [-0.2, -0.15) is 0 Å². The normalized spacial score (nSPS) is 11.6. The second-order valence-electron chi connectivity index (χ2n) is 5.04. The minimum absolute atomic E-state index is 0.161. The molecule has 1 amide bonds. The van der Waals surface area contributed by atoms with Gasteiger partial charge in [-0.05, 0) is 48.5 Å². The Morgan fingerprint density at radius 2 is 1.68 bits per heavy atom. The van der Waals surface area contributed by atoms with Crippen LogP contribution in [0.3, 0.4) is 0 Å². The van der Waals surface area contributed by atoms with Gasteiger partial charge in [-0.15, -0.1) is 0 Å². The zero-order valence-corrected chi connectivity index (χ0v) is 13.8. The third kappa shape index (κ3) is 4.27. The molecule has 2 N–H and O–H groups in total. The Morgan fingerprint density at radius 3 is 2.36 bits per heavy atom. The highest BCUT2D eigenvalue weighted by molar-refractivity contribution is 7.86. The van der Waals surface area contributed by atoms with E-state index in [9.17, 15) is 13.4 Å². The minimum atomic E-state index is -1.62. The van der Waals surface area contributed by atoms with E-state index in [1.807, 2.05) is 0 Å². The first-order chi connectivity index (χ1) is 12.1. The molecular formula is C18H14FN3O2S. The molecule has 3 aromatic rings. The zero-order chi connectivity index (χ0) is 17.6. The molecule has 0 aliphatic heterocycles. The van der Waals surface area contributed by atoms with Crippen LogP contribution in [0.4, 0.5) is 15.8 Å². The van der Waals surface area contributed by atoms with Gasteiger partial charge in [0.1, 0.15) is 22.5 Å². The summed E-state index contributed by atoms with van der Waals surface area (Å²) >= 11 is 0. The van der Waals surface area contributed by atoms with Crippen LogP contribution in [-0.4, -0.2) is 15.1 Å². The number of nitrogens with one attached hydrogen (secondary N) is 2. The van der Waals surface area contributed by atoms with E-state index in [1.165, 1.54) is 18.3 Å². The quantitative estimate of drug-likeness (QED) is 0.734. The van der Waals surface area contributed by atoms with Gasteiger partial charge in [0.05, 0.1) is 10.6 Å². The van der Waals surface area contributed by atoms with Crippen LogP contribution < -0.4 is 10.0 Å². The highest BCUT2D eigenvalue weighted by Crippen LogP contribution is 2.18. The number of pyridine rings is 1. The number of carbonyl (C=O) groups is 1. The van der Waals surface area contributed by atoms with Gasteiger partial charge in [0.2, 0.25) is 0 Å². The molecule has 0 bridgehead atoms. The Balaban J connectivity index is 1.67. The van der Waals surface area contributed by atoms with E-state index in [1.54, 1.807) is 54.6 Å². The van der Waals surface area contributed by atoms with Crippen LogP contribution in [0, 0.1) is 5.82 Å². The van der Waals surface area contributed by atoms with E-state index in [0.717, 1.165) is 0 Å². The maximum atomic E-state index is 13.6. The van der Waals surface area contributed by atoms with E-state index >= 15 is 0 Å².